The van der Waals surface area contributed by atoms with E-state index in [1.54, 1.807) is 23.6 Å². The second kappa shape index (κ2) is 19.3. The van der Waals surface area contributed by atoms with Gasteiger partial charge in [0.15, 0.2) is 5.78 Å². The van der Waals surface area contributed by atoms with E-state index in [-0.39, 0.29) is 29.4 Å². The molecule has 4 rings (SSSR count). The predicted octanol–water partition coefficient (Wildman–Crippen LogP) is 5.49. The highest BCUT2D eigenvalue weighted by molar-refractivity contribution is 5.87. The number of unbranched alkanes of at least 4 members (excludes halogenated alkanes) is 2. The zero-order valence-corrected chi connectivity index (χ0v) is 26.3. The summed E-state index contributed by atoms with van der Waals surface area (Å²) in [6.45, 7) is 8.01. The van der Waals surface area contributed by atoms with Crippen molar-refractivity contribution in [2.24, 2.45) is 11.8 Å². The lowest BCUT2D eigenvalue weighted by Gasteiger charge is -2.28. The number of nitrogens with zero attached hydrogens (tertiary/aromatic N) is 3. The van der Waals surface area contributed by atoms with E-state index in [4.69, 9.17) is 4.74 Å². The molecule has 0 spiro atoms. The van der Waals surface area contributed by atoms with Crippen LogP contribution in [0.5, 0.6) is 6.01 Å². The van der Waals surface area contributed by atoms with Gasteiger partial charge in [0.05, 0.1) is 25.5 Å². The maximum Gasteiger partial charge on any atom is 0.320 e. The van der Waals surface area contributed by atoms with Crippen molar-refractivity contribution in [3.63, 3.8) is 0 Å². The molecule has 43 heavy (non-hydrogen) atoms. The first kappa shape index (κ1) is 35.2. The number of hydrogen-bond donors (Lipinski definition) is 1. The number of carbonyl (C=O) groups excluding carboxylic acids is 3. The molecule has 2 unspecified atom stereocenters. The summed E-state index contributed by atoms with van der Waals surface area (Å²) in [5, 5.41) is 0. The number of aromatic amines is 1. The van der Waals surface area contributed by atoms with Crippen molar-refractivity contribution in [3.8, 4) is 17.3 Å². The van der Waals surface area contributed by atoms with Crippen LogP contribution in [0, 0.1) is 11.8 Å². The number of benzene rings is 1. The molecule has 2 aromatic rings. The number of aromatic nitrogens is 2. The lowest BCUT2D eigenvalue weighted by atomic mass is 10.1. The van der Waals surface area contributed by atoms with Crippen LogP contribution in [-0.2, 0) is 14.3 Å². The monoisotopic (exact) mass is 596 g/mol. The fourth-order valence-electron chi connectivity index (χ4n) is 4.95. The zero-order chi connectivity index (χ0) is 31.6. The van der Waals surface area contributed by atoms with Gasteiger partial charge in [-0.2, -0.15) is 4.98 Å². The van der Waals surface area contributed by atoms with Crippen molar-refractivity contribution in [2.45, 2.75) is 71.8 Å². The minimum atomic E-state index is -0.222. The number of allylic oxidation sites excluding steroid dienone is 2. The number of rotatable bonds is 12. The van der Waals surface area contributed by atoms with E-state index in [1.807, 2.05) is 37.4 Å². The first-order valence-electron chi connectivity index (χ1n) is 15.2. The minimum Gasteiger partial charge on any atom is -0.468 e. The van der Waals surface area contributed by atoms with Crippen molar-refractivity contribution in [1.29, 1.82) is 0 Å². The van der Waals surface area contributed by atoms with Crippen molar-refractivity contribution in [2.75, 3.05) is 33.9 Å². The molecule has 0 radical (unpaired) electrons. The van der Waals surface area contributed by atoms with Gasteiger partial charge < -0.3 is 19.3 Å². The summed E-state index contributed by atoms with van der Waals surface area (Å²) in [7, 11) is 3.32. The maximum atomic E-state index is 12.4. The highest BCUT2D eigenvalue weighted by Crippen LogP contribution is 2.42. The Kier molecular flexibility index (Phi) is 15.8. The van der Waals surface area contributed by atoms with E-state index >= 15 is 0 Å². The Morgan fingerprint density at radius 3 is 2.51 bits per heavy atom. The van der Waals surface area contributed by atoms with Gasteiger partial charge >= 0.3 is 6.03 Å². The molecule has 2 aliphatic rings. The first-order valence-corrected chi connectivity index (χ1v) is 15.2. The number of urea groups is 1. The zero-order valence-electron chi connectivity index (χ0n) is 26.3. The van der Waals surface area contributed by atoms with Crippen LogP contribution < -0.4 is 10.3 Å². The van der Waals surface area contributed by atoms with Gasteiger partial charge in [-0.25, -0.2) is 4.79 Å². The van der Waals surface area contributed by atoms with Gasteiger partial charge in [-0.05, 0) is 64.2 Å². The lowest BCUT2D eigenvalue weighted by molar-refractivity contribution is -0.128. The number of Topliss-reactive ketones (excluding diaryl/α,β-unsaturated/α-hetero) is 1. The number of ketones is 1. The van der Waals surface area contributed by atoms with E-state index in [9.17, 15) is 19.2 Å². The van der Waals surface area contributed by atoms with Gasteiger partial charge in [-0.15, -0.1) is 0 Å². The van der Waals surface area contributed by atoms with Crippen molar-refractivity contribution >= 4 is 18.3 Å². The topological polar surface area (TPSA) is 122 Å². The average Bonchev–Trinajstić information content (AvgIpc) is 3.59. The van der Waals surface area contributed by atoms with E-state index in [0.29, 0.717) is 18.8 Å². The fourth-order valence-corrected chi connectivity index (χ4v) is 4.95. The Labute approximate surface area is 255 Å². The van der Waals surface area contributed by atoms with E-state index < -0.39 is 0 Å². The SMILES string of the molecule is CCC1C[C@H]1/C=C\CCCCN(C)C(=O)N1CCCC1C(C)=O.CCOC=O.COc1nc(-c2ccccc2)cc(=O)[nH]1. The molecule has 236 valence electrons. The third-order valence-electron chi connectivity index (χ3n) is 7.51. The van der Waals surface area contributed by atoms with Crippen molar-refractivity contribution in [3.05, 3.63) is 58.9 Å². The Balaban J connectivity index is 0.000000275. The molecule has 1 saturated heterocycles. The van der Waals surface area contributed by atoms with E-state index in [0.717, 1.165) is 62.6 Å². The summed E-state index contributed by atoms with van der Waals surface area (Å²) in [6.07, 6.45) is 12.4. The van der Waals surface area contributed by atoms with Crippen LogP contribution in [-0.4, -0.2) is 78.0 Å². The molecule has 2 heterocycles. The molecule has 10 heteroatoms. The predicted molar refractivity (Wildman–Crippen MR) is 168 cm³/mol. The molecule has 2 amide bonds. The number of H-pyrrole nitrogens is 1. The largest absolute Gasteiger partial charge is 0.468 e. The van der Waals surface area contributed by atoms with Crippen molar-refractivity contribution < 1.29 is 23.9 Å². The summed E-state index contributed by atoms with van der Waals surface area (Å²) in [5.41, 5.74) is 1.28. The molecule has 3 atom stereocenters. The summed E-state index contributed by atoms with van der Waals surface area (Å²) in [5.74, 6) is 1.88. The molecule has 0 bridgehead atoms. The molecule has 1 aliphatic carbocycles. The average molecular weight is 597 g/mol. The third-order valence-corrected chi connectivity index (χ3v) is 7.51. The summed E-state index contributed by atoms with van der Waals surface area (Å²) in [4.78, 5) is 54.6. The maximum absolute atomic E-state index is 12.4. The Morgan fingerprint density at radius 1 is 1.19 bits per heavy atom. The number of amides is 2. The molecule has 1 N–H and O–H groups in total. The molecule has 1 aliphatic heterocycles. The Hall–Kier alpha value is -3.95. The van der Waals surface area contributed by atoms with E-state index in [2.05, 4.69) is 33.8 Å². The number of carbonyl (C=O) groups is 3. The van der Waals surface area contributed by atoms with Gasteiger partial charge in [0.2, 0.25) is 0 Å². The fraction of sp³-hybridized carbons (Fsp3) is 0.545. The van der Waals surface area contributed by atoms with Crippen LogP contribution >= 0.6 is 0 Å². The number of nitrogens with one attached hydrogen (secondary N) is 1. The van der Waals surface area contributed by atoms with Crippen LogP contribution in [0.3, 0.4) is 0 Å². The molecule has 1 aromatic carbocycles. The van der Waals surface area contributed by atoms with Crippen LogP contribution in [0.25, 0.3) is 11.3 Å². The van der Waals surface area contributed by atoms with Crippen LogP contribution in [0.1, 0.15) is 65.7 Å². The van der Waals surface area contributed by atoms with Gasteiger partial charge in [0.25, 0.3) is 18.0 Å². The first-order chi connectivity index (χ1) is 20.7. The smallest absolute Gasteiger partial charge is 0.320 e. The molecule has 10 nitrogen and oxygen atoms in total. The third kappa shape index (κ3) is 12.4. The summed E-state index contributed by atoms with van der Waals surface area (Å²) < 4.78 is 9.04. The van der Waals surface area contributed by atoms with Gasteiger partial charge in [-0.1, -0.05) is 55.8 Å². The van der Waals surface area contributed by atoms with Gasteiger partial charge in [0, 0.05) is 31.8 Å². The van der Waals surface area contributed by atoms with Crippen LogP contribution in [0.4, 0.5) is 4.79 Å². The number of likely N-dealkylation sites (tertiary alicyclic amines) is 1. The van der Waals surface area contributed by atoms with E-state index in [1.165, 1.54) is 26.0 Å². The molecular weight excluding hydrogens is 548 g/mol. The van der Waals surface area contributed by atoms with Gasteiger partial charge in [-0.3, -0.25) is 19.4 Å². The standard InChI is InChI=1S/C19H32N2O2.C11H10N2O2.C3H6O2/c1-4-16-14-17(16)10-7-5-6-8-12-20(3)19(23)21-13-9-11-18(21)15(2)22;1-15-11-12-9(7-10(14)13-11)8-5-3-2-4-6-8;1-2-5-3-4/h7,10,16-18H,4-6,8-9,11-14H2,1-3H3;2-7H,1H3,(H,12,13,14);3H,2H2,1H3/b10-7-;;/t16?,17-,18?;;/m1../s1. The Bertz CT molecular complexity index is 1220. The van der Waals surface area contributed by atoms with Crippen LogP contribution in [0.2, 0.25) is 0 Å². The number of hydrogen-bond acceptors (Lipinski definition) is 7. The van der Waals surface area contributed by atoms with Gasteiger partial charge in [0.1, 0.15) is 0 Å². The second-order valence-corrected chi connectivity index (χ2v) is 10.7. The molecule has 2 fully saturated rings. The van der Waals surface area contributed by atoms with Crippen LogP contribution in [0.15, 0.2) is 53.3 Å². The quantitative estimate of drug-likeness (QED) is 0.195. The normalized spacial score (nSPS) is 18.5. The molecular formula is C33H48N4O6. The highest BCUT2D eigenvalue weighted by atomic mass is 16.5. The number of methoxy groups -OCH3 is 1. The minimum absolute atomic E-state index is 0.0158. The summed E-state index contributed by atoms with van der Waals surface area (Å²) >= 11 is 0. The van der Waals surface area contributed by atoms with Crippen molar-refractivity contribution in [1.82, 2.24) is 19.8 Å². The highest BCUT2D eigenvalue weighted by Gasteiger charge is 2.33. The Morgan fingerprint density at radius 2 is 1.93 bits per heavy atom. The molecule has 1 saturated carbocycles. The number of ether oxygens (including phenoxy) is 2. The second-order valence-electron chi connectivity index (χ2n) is 10.7. The molecule has 1 aromatic heterocycles. The summed E-state index contributed by atoms with van der Waals surface area (Å²) in [6, 6.07) is 11.0. The lowest BCUT2D eigenvalue weighted by Crippen LogP contribution is -2.46.